The Morgan fingerprint density at radius 2 is 2.25 bits per heavy atom. The van der Waals surface area contributed by atoms with E-state index in [1.54, 1.807) is 11.8 Å². The number of primary amides is 1. The van der Waals surface area contributed by atoms with Crippen LogP contribution in [0.2, 0.25) is 0 Å². The third-order valence-electron chi connectivity index (χ3n) is 4.05. The summed E-state index contributed by atoms with van der Waals surface area (Å²) < 4.78 is 0. The highest BCUT2D eigenvalue weighted by atomic mass is 16.2. The van der Waals surface area contributed by atoms with Crippen LogP contribution in [0.5, 0.6) is 0 Å². The standard InChI is InChI=1S/C13H21N5O2/c1-13(8-14,9-2-3-9)17-11(19)7-18-5-4-16-6-10(18)12(15)20/h9-10,16H,2-7H2,1H3,(H2,15,20)(H,17,19). The number of nitrogens with zero attached hydrogens (tertiary/aromatic N) is 2. The van der Waals surface area contributed by atoms with Crippen LogP contribution < -0.4 is 16.4 Å². The number of hydrogen-bond acceptors (Lipinski definition) is 5. The van der Waals surface area contributed by atoms with Gasteiger partial charge >= 0.3 is 0 Å². The fraction of sp³-hybridized carbons (Fsp3) is 0.769. The van der Waals surface area contributed by atoms with E-state index < -0.39 is 17.5 Å². The van der Waals surface area contributed by atoms with E-state index in [2.05, 4.69) is 16.7 Å². The molecular formula is C13H21N5O2. The van der Waals surface area contributed by atoms with Crippen LogP contribution in [0.1, 0.15) is 19.8 Å². The second kappa shape index (κ2) is 5.77. The van der Waals surface area contributed by atoms with Crippen LogP contribution in [-0.2, 0) is 9.59 Å². The number of hydrogen-bond donors (Lipinski definition) is 3. The third kappa shape index (κ3) is 3.26. The molecule has 1 heterocycles. The van der Waals surface area contributed by atoms with Crippen molar-refractivity contribution in [3.8, 4) is 6.07 Å². The van der Waals surface area contributed by atoms with Gasteiger partial charge in [-0.05, 0) is 25.7 Å². The van der Waals surface area contributed by atoms with E-state index in [0.717, 1.165) is 19.4 Å². The smallest absolute Gasteiger partial charge is 0.236 e. The SMILES string of the molecule is CC(C#N)(NC(=O)CN1CCNCC1C(N)=O)C1CC1. The molecule has 4 N–H and O–H groups in total. The van der Waals surface area contributed by atoms with Gasteiger partial charge in [0.05, 0.1) is 12.6 Å². The lowest BCUT2D eigenvalue weighted by Crippen LogP contribution is -2.60. The van der Waals surface area contributed by atoms with E-state index in [1.165, 1.54) is 0 Å². The van der Waals surface area contributed by atoms with Crippen molar-refractivity contribution in [3.63, 3.8) is 0 Å². The second-order valence-electron chi connectivity index (χ2n) is 5.73. The zero-order valence-electron chi connectivity index (χ0n) is 11.7. The summed E-state index contributed by atoms with van der Waals surface area (Å²) in [4.78, 5) is 25.2. The predicted molar refractivity (Wildman–Crippen MR) is 72.3 cm³/mol. The highest BCUT2D eigenvalue weighted by Crippen LogP contribution is 2.39. The Kier molecular flexibility index (Phi) is 4.26. The Balaban J connectivity index is 1.93. The molecule has 2 rings (SSSR count). The lowest BCUT2D eigenvalue weighted by atomic mass is 9.98. The van der Waals surface area contributed by atoms with Crippen molar-refractivity contribution in [2.45, 2.75) is 31.3 Å². The van der Waals surface area contributed by atoms with E-state index in [-0.39, 0.29) is 18.4 Å². The Morgan fingerprint density at radius 1 is 1.55 bits per heavy atom. The van der Waals surface area contributed by atoms with Gasteiger partial charge in [-0.25, -0.2) is 0 Å². The first-order valence-electron chi connectivity index (χ1n) is 6.92. The molecule has 0 spiro atoms. The zero-order valence-corrected chi connectivity index (χ0v) is 11.7. The largest absolute Gasteiger partial charge is 0.368 e. The van der Waals surface area contributed by atoms with Gasteiger partial charge in [0.1, 0.15) is 11.6 Å². The molecule has 2 amide bonds. The Bertz CT molecular complexity index is 443. The summed E-state index contributed by atoms with van der Waals surface area (Å²) in [7, 11) is 0. The average molecular weight is 279 g/mol. The van der Waals surface area contributed by atoms with Crippen LogP contribution >= 0.6 is 0 Å². The first-order valence-corrected chi connectivity index (χ1v) is 6.92. The first kappa shape index (κ1) is 14.8. The lowest BCUT2D eigenvalue weighted by Gasteiger charge is -2.34. The molecule has 110 valence electrons. The van der Waals surface area contributed by atoms with Crippen molar-refractivity contribution in [2.75, 3.05) is 26.2 Å². The second-order valence-corrected chi connectivity index (χ2v) is 5.73. The van der Waals surface area contributed by atoms with Crippen molar-refractivity contribution in [1.82, 2.24) is 15.5 Å². The molecule has 0 bridgehead atoms. The maximum Gasteiger partial charge on any atom is 0.236 e. The van der Waals surface area contributed by atoms with Crippen molar-refractivity contribution in [3.05, 3.63) is 0 Å². The normalized spacial score (nSPS) is 26.3. The summed E-state index contributed by atoms with van der Waals surface area (Å²) >= 11 is 0. The van der Waals surface area contributed by atoms with Crippen molar-refractivity contribution in [1.29, 1.82) is 5.26 Å². The molecule has 2 fully saturated rings. The van der Waals surface area contributed by atoms with E-state index >= 15 is 0 Å². The van der Waals surface area contributed by atoms with Crippen LogP contribution in [0.4, 0.5) is 0 Å². The molecule has 2 unspecified atom stereocenters. The number of nitrogens with one attached hydrogen (secondary N) is 2. The average Bonchev–Trinajstić information content (AvgIpc) is 3.23. The summed E-state index contributed by atoms with van der Waals surface area (Å²) in [5.41, 5.74) is 4.54. The molecular weight excluding hydrogens is 258 g/mol. The minimum Gasteiger partial charge on any atom is -0.368 e. The van der Waals surface area contributed by atoms with Crippen LogP contribution in [0.15, 0.2) is 0 Å². The molecule has 0 aromatic heterocycles. The number of carbonyl (C=O) groups excluding carboxylic acids is 2. The van der Waals surface area contributed by atoms with Gasteiger partial charge in [-0.15, -0.1) is 0 Å². The monoisotopic (exact) mass is 279 g/mol. The van der Waals surface area contributed by atoms with Crippen molar-refractivity contribution >= 4 is 11.8 Å². The Labute approximate surface area is 118 Å². The third-order valence-corrected chi connectivity index (χ3v) is 4.05. The maximum atomic E-state index is 12.1. The Morgan fingerprint density at radius 3 is 2.80 bits per heavy atom. The van der Waals surface area contributed by atoms with Crippen molar-refractivity contribution in [2.24, 2.45) is 11.7 Å². The molecule has 1 aliphatic carbocycles. The number of piperazine rings is 1. The molecule has 1 saturated heterocycles. The fourth-order valence-corrected chi connectivity index (χ4v) is 2.61. The predicted octanol–water partition coefficient (Wildman–Crippen LogP) is -1.45. The zero-order chi connectivity index (χ0) is 14.8. The number of nitriles is 1. The lowest BCUT2D eigenvalue weighted by molar-refractivity contribution is -0.128. The van der Waals surface area contributed by atoms with Gasteiger partial charge in [-0.2, -0.15) is 5.26 Å². The van der Waals surface area contributed by atoms with Crippen LogP contribution in [-0.4, -0.2) is 54.5 Å². The summed E-state index contributed by atoms with van der Waals surface area (Å²) in [5, 5.41) is 15.1. The summed E-state index contributed by atoms with van der Waals surface area (Å²) in [6.07, 6.45) is 1.95. The molecule has 1 aliphatic heterocycles. The molecule has 2 atom stereocenters. The van der Waals surface area contributed by atoms with Gasteiger partial charge in [0, 0.05) is 19.6 Å². The van der Waals surface area contributed by atoms with E-state index in [9.17, 15) is 14.9 Å². The fourth-order valence-electron chi connectivity index (χ4n) is 2.61. The molecule has 20 heavy (non-hydrogen) atoms. The minimum atomic E-state index is -0.798. The van der Waals surface area contributed by atoms with Crippen molar-refractivity contribution < 1.29 is 9.59 Å². The minimum absolute atomic E-state index is 0.0965. The van der Waals surface area contributed by atoms with Gasteiger partial charge in [-0.3, -0.25) is 14.5 Å². The molecule has 0 radical (unpaired) electrons. The van der Waals surface area contributed by atoms with Gasteiger partial charge in [0.15, 0.2) is 0 Å². The maximum absolute atomic E-state index is 12.1. The molecule has 0 aromatic rings. The number of amides is 2. The van der Waals surface area contributed by atoms with E-state index in [1.807, 2.05) is 0 Å². The first-order chi connectivity index (χ1) is 9.46. The molecule has 7 heteroatoms. The molecule has 2 aliphatic rings. The Hall–Kier alpha value is -1.65. The van der Waals surface area contributed by atoms with Crippen LogP contribution in [0.3, 0.4) is 0 Å². The summed E-state index contributed by atoms with van der Waals surface area (Å²) in [6.45, 7) is 3.62. The molecule has 7 nitrogen and oxygen atoms in total. The van der Waals surface area contributed by atoms with E-state index in [4.69, 9.17) is 5.73 Å². The number of nitrogens with two attached hydrogens (primary N) is 1. The highest BCUT2D eigenvalue weighted by molar-refractivity contribution is 5.83. The summed E-state index contributed by atoms with van der Waals surface area (Å²) in [6, 6.07) is 1.72. The van der Waals surface area contributed by atoms with Crippen LogP contribution in [0, 0.1) is 17.2 Å². The summed E-state index contributed by atoms with van der Waals surface area (Å²) in [5.74, 6) is -0.421. The topological polar surface area (TPSA) is 111 Å². The molecule has 0 aromatic carbocycles. The number of rotatable bonds is 5. The van der Waals surface area contributed by atoms with Gasteiger partial charge in [0.2, 0.25) is 11.8 Å². The quantitative estimate of drug-likeness (QED) is 0.570. The van der Waals surface area contributed by atoms with Gasteiger partial charge in [0.25, 0.3) is 0 Å². The van der Waals surface area contributed by atoms with E-state index in [0.29, 0.717) is 13.1 Å². The molecule has 1 saturated carbocycles. The van der Waals surface area contributed by atoms with Gasteiger partial charge < -0.3 is 16.4 Å². The van der Waals surface area contributed by atoms with Crippen LogP contribution in [0.25, 0.3) is 0 Å². The number of carbonyl (C=O) groups is 2. The highest BCUT2D eigenvalue weighted by Gasteiger charge is 2.43. The van der Waals surface area contributed by atoms with Gasteiger partial charge in [-0.1, -0.05) is 0 Å².